The summed E-state index contributed by atoms with van der Waals surface area (Å²) in [5.74, 6) is 1.12. The van der Waals surface area contributed by atoms with E-state index in [4.69, 9.17) is 9.47 Å². The number of rotatable bonds is 7. The topological polar surface area (TPSA) is 69.6 Å². The highest BCUT2D eigenvalue weighted by molar-refractivity contribution is 5.98. The summed E-state index contributed by atoms with van der Waals surface area (Å²) in [7, 11) is 3.15. The minimum atomic E-state index is -0.141. The Labute approximate surface area is 151 Å². The van der Waals surface area contributed by atoms with Crippen molar-refractivity contribution in [1.82, 2.24) is 9.88 Å². The number of amides is 1. The summed E-state index contributed by atoms with van der Waals surface area (Å²) in [6.45, 7) is 0.514. The van der Waals surface area contributed by atoms with Gasteiger partial charge in [-0.15, -0.1) is 0 Å². The van der Waals surface area contributed by atoms with Crippen molar-refractivity contribution < 1.29 is 19.1 Å². The van der Waals surface area contributed by atoms with E-state index in [0.717, 1.165) is 22.8 Å². The van der Waals surface area contributed by atoms with Crippen molar-refractivity contribution in [3.8, 4) is 11.5 Å². The number of aromatic nitrogens is 1. The molecular formula is C20H20N2O4. The number of hydrogen-bond donors (Lipinski definition) is 1. The second-order valence-corrected chi connectivity index (χ2v) is 5.81. The van der Waals surface area contributed by atoms with Crippen molar-refractivity contribution in [3.05, 3.63) is 59.8 Å². The van der Waals surface area contributed by atoms with Crippen LogP contribution in [0.5, 0.6) is 11.5 Å². The molecule has 0 radical (unpaired) electrons. The first-order valence-electron chi connectivity index (χ1n) is 8.17. The van der Waals surface area contributed by atoms with Crippen molar-refractivity contribution in [1.29, 1.82) is 0 Å². The van der Waals surface area contributed by atoms with Gasteiger partial charge in [-0.25, -0.2) is 0 Å². The molecule has 3 aromatic rings. The van der Waals surface area contributed by atoms with Gasteiger partial charge >= 0.3 is 0 Å². The molecule has 1 heterocycles. The number of carbonyl (C=O) groups excluding carboxylic acids is 2. The van der Waals surface area contributed by atoms with Crippen LogP contribution in [0.3, 0.4) is 0 Å². The number of benzene rings is 2. The third kappa shape index (κ3) is 3.54. The van der Waals surface area contributed by atoms with Gasteiger partial charge < -0.3 is 19.4 Å². The van der Waals surface area contributed by atoms with Crippen LogP contribution in [-0.2, 0) is 17.9 Å². The van der Waals surface area contributed by atoms with Crippen molar-refractivity contribution in [3.63, 3.8) is 0 Å². The van der Waals surface area contributed by atoms with E-state index < -0.39 is 0 Å². The number of hydrogen-bond acceptors (Lipinski definition) is 4. The summed E-state index contributed by atoms with van der Waals surface area (Å²) in [4.78, 5) is 23.5. The fourth-order valence-corrected chi connectivity index (χ4v) is 2.90. The Bertz CT molecular complexity index is 946. The summed E-state index contributed by atoms with van der Waals surface area (Å²) >= 11 is 0. The maximum absolute atomic E-state index is 12.3. The van der Waals surface area contributed by atoms with Gasteiger partial charge in [-0.1, -0.05) is 24.3 Å². The zero-order valence-electron chi connectivity index (χ0n) is 14.7. The molecule has 0 saturated carbocycles. The highest BCUT2D eigenvalue weighted by Crippen LogP contribution is 2.27. The van der Waals surface area contributed by atoms with Crippen LogP contribution in [0.4, 0.5) is 0 Å². The number of nitrogens with one attached hydrogen (secondary N) is 1. The standard InChI is InChI=1S/C20H20N2O4/c1-25-18-8-7-14(9-19(18)26-2)10-21-20(24)12-22-11-15(13-23)16-5-3-4-6-17(16)22/h3-9,11,13H,10,12H2,1-2H3,(H,21,24). The fraction of sp³-hybridized carbons (Fsp3) is 0.200. The van der Waals surface area contributed by atoms with E-state index in [1.807, 2.05) is 36.4 Å². The number of para-hydroxylation sites is 1. The van der Waals surface area contributed by atoms with Gasteiger partial charge in [-0.3, -0.25) is 9.59 Å². The number of fused-ring (bicyclic) bond motifs is 1. The first kappa shape index (κ1) is 17.5. The summed E-state index contributed by atoms with van der Waals surface area (Å²) in [5, 5.41) is 3.73. The highest BCUT2D eigenvalue weighted by atomic mass is 16.5. The summed E-state index contributed by atoms with van der Waals surface area (Å²) in [5.41, 5.74) is 2.34. The van der Waals surface area contributed by atoms with Crippen molar-refractivity contribution in [2.75, 3.05) is 14.2 Å². The van der Waals surface area contributed by atoms with E-state index in [1.165, 1.54) is 0 Å². The molecule has 3 rings (SSSR count). The second kappa shape index (κ2) is 7.74. The molecule has 1 N–H and O–H groups in total. The Morgan fingerprint density at radius 1 is 1.12 bits per heavy atom. The molecule has 0 bridgehead atoms. The fourth-order valence-electron chi connectivity index (χ4n) is 2.90. The van der Waals surface area contributed by atoms with E-state index in [0.29, 0.717) is 23.6 Å². The zero-order chi connectivity index (χ0) is 18.5. The van der Waals surface area contributed by atoms with Gasteiger partial charge in [-0.05, 0) is 23.8 Å². The molecule has 6 heteroatoms. The third-order valence-corrected chi connectivity index (χ3v) is 4.20. The molecule has 1 aromatic heterocycles. The number of ether oxygens (including phenoxy) is 2. The number of aldehydes is 1. The van der Waals surface area contributed by atoms with Crippen LogP contribution in [0, 0.1) is 0 Å². The molecule has 0 atom stereocenters. The average molecular weight is 352 g/mol. The predicted octanol–water partition coefficient (Wildman–Crippen LogP) is 2.79. The summed E-state index contributed by atoms with van der Waals surface area (Å²) in [6.07, 6.45) is 2.51. The van der Waals surface area contributed by atoms with Gasteiger partial charge in [0.05, 0.1) is 14.2 Å². The monoisotopic (exact) mass is 352 g/mol. The summed E-state index contributed by atoms with van der Waals surface area (Å²) in [6, 6.07) is 13.0. The van der Waals surface area contributed by atoms with Crippen LogP contribution in [-0.4, -0.2) is 31.0 Å². The maximum atomic E-state index is 12.3. The average Bonchev–Trinajstić information content (AvgIpc) is 3.03. The van der Waals surface area contributed by atoms with Gasteiger partial charge in [-0.2, -0.15) is 0 Å². The normalized spacial score (nSPS) is 10.5. The molecule has 0 saturated heterocycles. The van der Waals surface area contributed by atoms with Crippen molar-refractivity contribution in [2.24, 2.45) is 0 Å². The molecule has 0 spiro atoms. The molecule has 1 amide bonds. The number of carbonyl (C=O) groups is 2. The lowest BCUT2D eigenvalue weighted by Gasteiger charge is -2.11. The van der Waals surface area contributed by atoms with Crippen LogP contribution in [0.2, 0.25) is 0 Å². The maximum Gasteiger partial charge on any atom is 0.240 e. The molecular weight excluding hydrogens is 332 g/mol. The Morgan fingerprint density at radius 2 is 1.88 bits per heavy atom. The molecule has 26 heavy (non-hydrogen) atoms. The Morgan fingerprint density at radius 3 is 2.62 bits per heavy atom. The molecule has 134 valence electrons. The largest absolute Gasteiger partial charge is 0.493 e. The lowest BCUT2D eigenvalue weighted by atomic mass is 10.2. The SMILES string of the molecule is COc1ccc(CNC(=O)Cn2cc(C=O)c3ccccc32)cc1OC. The van der Waals surface area contributed by atoms with Crippen molar-refractivity contribution in [2.45, 2.75) is 13.1 Å². The van der Waals surface area contributed by atoms with Crippen LogP contribution in [0.1, 0.15) is 15.9 Å². The number of nitrogens with zero attached hydrogens (tertiary/aromatic N) is 1. The molecule has 0 unspecified atom stereocenters. The third-order valence-electron chi connectivity index (χ3n) is 4.20. The highest BCUT2D eigenvalue weighted by Gasteiger charge is 2.11. The quantitative estimate of drug-likeness (QED) is 0.664. The first-order chi connectivity index (χ1) is 12.7. The predicted molar refractivity (Wildman–Crippen MR) is 98.7 cm³/mol. The number of methoxy groups -OCH3 is 2. The Balaban J connectivity index is 1.69. The first-order valence-corrected chi connectivity index (χ1v) is 8.17. The minimum Gasteiger partial charge on any atom is -0.493 e. The Kier molecular flexibility index (Phi) is 5.22. The van der Waals surface area contributed by atoms with Gasteiger partial charge in [0, 0.05) is 29.2 Å². The minimum absolute atomic E-state index is 0.141. The molecule has 6 nitrogen and oxygen atoms in total. The molecule has 0 aliphatic heterocycles. The lowest BCUT2D eigenvalue weighted by molar-refractivity contribution is -0.121. The molecule has 0 fully saturated rings. The van der Waals surface area contributed by atoms with Crippen LogP contribution >= 0.6 is 0 Å². The van der Waals surface area contributed by atoms with Crippen LogP contribution < -0.4 is 14.8 Å². The van der Waals surface area contributed by atoms with Crippen LogP contribution in [0.15, 0.2) is 48.7 Å². The van der Waals surface area contributed by atoms with Gasteiger partial charge in [0.15, 0.2) is 17.8 Å². The van der Waals surface area contributed by atoms with Gasteiger partial charge in [0.25, 0.3) is 0 Å². The van der Waals surface area contributed by atoms with Crippen LogP contribution in [0.25, 0.3) is 10.9 Å². The van der Waals surface area contributed by atoms with Crippen molar-refractivity contribution >= 4 is 23.1 Å². The smallest absolute Gasteiger partial charge is 0.240 e. The lowest BCUT2D eigenvalue weighted by Crippen LogP contribution is -2.26. The van der Waals surface area contributed by atoms with E-state index in [-0.39, 0.29) is 12.5 Å². The van der Waals surface area contributed by atoms with E-state index in [1.54, 1.807) is 31.0 Å². The van der Waals surface area contributed by atoms with E-state index in [2.05, 4.69) is 5.32 Å². The van der Waals surface area contributed by atoms with Gasteiger partial charge in [0.1, 0.15) is 6.54 Å². The zero-order valence-corrected chi connectivity index (χ0v) is 14.7. The molecule has 0 aliphatic carbocycles. The van der Waals surface area contributed by atoms with E-state index in [9.17, 15) is 9.59 Å². The van der Waals surface area contributed by atoms with E-state index >= 15 is 0 Å². The second-order valence-electron chi connectivity index (χ2n) is 5.81. The molecule has 0 aliphatic rings. The Hall–Kier alpha value is -3.28. The molecule has 2 aromatic carbocycles. The van der Waals surface area contributed by atoms with Gasteiger partial charge in [0.2, 0.25) is 5.91 Å². The summed E-state index contributed by atoms with van der Waals surface area (Å²) < 4.78 is 12.3.